The number of carbonyl (C=O) groups is 2. The number of benzene rings is 1. The monoisotopic (exact) mass is 544 g/mol. The summed E-state index contributed by atoms with van der Waals surface area (Å²) in [5.41, 5.74) is 1.76. The van der Waals surface area contributed by atoms with Gasteiger partial charge in [0.05, 0.1) is 0 Å². The van der Waals surface area contributed by atoms with Crippen molar-refractivity contribution < 1.29 is 27.9 Å². The second-order valence-corrected chi connectivity index (χ2v) is 8.24. The summed E-state index contributed by atoms with van der Waals surface area (Å²) < 4.78 is 22.8. The fourth-order valence-corrected chi connectivity index (χ4v) is 4.20. The number of ether oxygens (including phenoxy) is 2. The van der Waals surface area contributed by atoms with E-state index in [9.17, 15) is 9.59 Å². The van der Waals surface area contributed by atoms with Crippen molar-refractivity contribution in [2.24, 2.45) is 0 Å². The number of hydrogen-bond donors (Lipinski definition) is 0. The lowest BCUT2D eigenvalue weighted by molar-refractivity contribution is 0.0457. The molecule has 3 aromatic rings. The first-order valence-electron chi connectivity index (χ1n) is 12.1. The molecule has 0 saturated carbocycles. The number of furan rings is 2. The van der Waals surface area contributed by atoms with E-state index >= 15 is 0 Å². The first-order chi connectivity index (χ1) is 16.3. The fourth-order valence-electron chi connectivity index (χ4n) is 4.20. The molecule has 0 bridgehead atoms. The van der Waals surface area contributed by atoms with Crippen molar-refractivity contribution in [2.75, 3.05) is 52.5 Å². The number of aryl methyl sites for hydroxylation is 2. The second-order valence-electron chi connectivity index (χ2n) is 8.24. The highest BCUT2D eigenvalue weighted by Crippen LogP contribution is 2.34. The van der Waals surface area contributed by atoms with Crippen LogP contribution in [0.15, 0.2) is 21.0 Å². The van der Waals surface area contributed by atoms with Crippen molar-refractivity contribution >= 4 is 58.7 Å². The van der Waals surface area contributed by atoms with Crippen LogP contribution >= 0.6 is 24.8 Å². The van der Waals surface area contributed by atoms with Gasteiger partial charge in [-0.05, 0) is 52.2 Å². The molecule has 0 fully saturated rings. The number of esters is 2. The van der Waals surface area contributed by atoms with Gasteiger partial charge in [0.15, 0.2) is 0 Å². The molecule has 0 saturated heterocycles. The zero-order chi connectivity index (χ0) is 24.8. The molecule has 1 aromatic carbocycles. The third kappa shape index (κ3) is 6.94. The second kappa shape index (κ2) is 14.5. The summed E-state index contributed by atoms with van der Waals surface area (Å²) >= 11 is 0. The number of fused-ring (bicyclic) bond motifs is 2. The van der Waals surface area contributed by atoms with E-state index in [-0.39, 0.29) is 24.8 Å². The van der Waals surface area contributed by atoms with Crippen LogP contribution in [0.1, 0.15) is 59.9 Å². The molecule has 0 N–H and O–H groups in total. The number of hydrogen-bond acceptors (Lipinski definition) is 8. The lowest BCUT2D eigenvalue weighted by atomic mass is 10.1. The highest BCUT2D eigenvalue weighted by Gasteiger charge is 2.25. The topological polar surface area (TPSA) is 85.4 Å². The number of nitrogens with zero attached hydrogens (tertiary/aromatic N) is 2. The van der Waals surface area contributed by atoms with Crippen molar-refractivity contribution in [1.82, 2.24) is 9.80 Å². The van der Waals surface area contributed by atoms with E-state index in [1.165, 1.54) is 0 Å². The zero-order valence-electron chi connectivity index (χ0n) is 22.0. The smallest absolute Gasteiger partial charge is 0.342 e. The third-order valence-corrected chi connectivity index (χ3v) is 6.33. The van der Waals surface area contributed by atoms with Gasteiger partial charge in [0.2, 0.25) is 0 Å². The molecule has 36 heavy (non-hydrogen) atoms. The minimum absolute atomic E-state index is 0. The van der Waals surface area contributed by atoms with Crippen LogP contribution in [0, 0.1) is 13.8 Å². The van der Waals surface area contributed by atoms with E-state index in [1.807, 2.05) is 0 Å². The Labute approximate surface area is 225 Å². The molecule has 0 radical (unpaired) electrons. The normalized spacial score (nSPS) is 11.1. The molecule has 8 nitrogen and oxygen atoms in total. The van der Waals surface area contributed by atoms with Crippen LogP contribution in [0.25, 0.3) is 21.9 Å². The molecule has 0 aliphatic rings. The highest BCUT2D eigenvalue weighted by molar-refractivity contribution is 6.12. The van der Waals surface area contributed by atoms with Crippen LogP contribution in [-0.2, 0) is 9.47 Å². The molecule has 10 heteroatoms. The fraction of sp³-hybridized carbons (Fsp3) is 0.538. The van der Waals surface area contributed by atoms with Gasteiger partial charge in [0.1, 0.15) is 47.0 Å². The summed E-state index contributed by atoms with van der Waals surface area (Å²) in [7, 11) is 0. The maximum atomic E-state index is 12.8. The van der Waals surface area contributed by atoms with Crippen LogP contribution in [0.4, 0.5) is 0 Å². The largest absolute Gasteiger partial charge is 0.461 e. The molecule has 0 aliphatic carbocycles. The molecule has 3 rings (SSSR count). The Hall–Kier alpha value is -2.26. The average molecular weight is 546 g/mol. The Morgan fingerprint density at radius 3 is 1.33 bits per heavy atom. The van der Waals surface area contributed by atoms with Gasteiger partial charge < -0.3 is 28.1 Å². The van der Waals surface area contributed by atoms with E-state index in [1.54, 1.807) is 26.0 Å². The maximum absolute atomic E-state index is 12.8. The molecule has 0 spiro atoms. The van der Waals surface area contributed by atoms with Crippen molar-refractivity contribution in [2.45, 2.75) is 41.5 Å². The molecule has 2 aromatic heterocycles. The highest BCUT2D eigenvalue weighted by atomic mass is 35.5. The van der Waals surface area contributed by atoms with Gasteiger partial charge in [-0.1, -0.05) is 27.7 Å². The van der Waals surface area contributed by atoms with Crippen LogP contribution in [0.2, 0.25) is 0 Å². The SMILES string of the molecule is CCN(CC)CCOC(=O)c1c(C)oc2cc3c(C(=O)OCCN(CC)CC)c(C)oc3cc12.Cl.Cl. The molecule has 0 unspecified atom stereocenters. The number of likely N-dealkylation sites (N-methyl/N-ethyl adjacent to an activating group) is 2. The predicted octanol–water partition coefficient (Wildman–Crippen LogP) is 5.64. The first-order valence-corrected chi connectivity index (χ1v) is 12.1. The van der Waals surface area contributed by atoms with Crippen molar-refractivity contribution in [3.05, 3.63) is 34.8 Å². The summed E-state index contributed by atoms with van der Waals surface area (Å²) in [4.78, 5) is 30.0. The summed E-state index contributed by atoms with van der Waals surface area (Å²) in [5, 5.41) is 1.21. The molecular formula is C26H38Cl2N2O6. The minimum atomic E-state index is -0.429. The average Bonchev–Trinajstić information content (AvgIpc) is 3.31. The van der Waals surface area contributed by atoms with E-state index in [4.69, 9.17) is 18.3 Å². The van der Waals surface area contributed by atoms with Gasteiger partial charge in [0.25, 0.3) is 0 Å². The molecular weight excluding hydrogens is 507 g/mol. The number of halogens is 2. The van der Waals surface area contributed by atoms with Gasteiger partial charge in [-0.3, -0.25) is 0 Å². The van der Waals surface area contributed by atoms with E-state index in [0.717, 1.165) is 26.2 Å². The van der Waals surface area contributed by atoms with E-state index in [0.29, 0.717) is 70.9 Å². The Morgan fingerprint density at radius 1 is 0.694 bits per heavy atom. The predicted molar refractivity (Wildman–Crippen MR) is 146 cm³/mol. The summed E-state index contributed by atoms with van der Waals surface area (Å²) in [6.45, 7) is 17.3. The number of rotatable bonds is 12. The Kier molecular flexibility index (Phi) is 12.8. The Morgan fingerprint density at radius 2 is 1.03 bits per heavy atom. The molecule has 0 aliphatic heterocycles. The van der Waals surface area contributed by atoms with Crippen LogP contribution in [0.5, 0.6) is 0 Å². The van der Waals surface area contributed by atoms with Gasteiger partial charge in [0, 0.05) is 23.9 Å². The minimum Gasteiger partial charge on any atom is -0.461 e. The Bertz CT molecular complexity index is 1060. The lowest BCUT2D eigenvalue weighted by Gasteiger charge is -2.17. The van der Waals surface area contributed by atoms with Gasteiger partial charge in [-0.2, -0.15) is 0 Å². The van der Waals surface area contributed by atoms with Crippen LogP contribution in [0.3, 0.4) is 0 Å². The first kappa shape index (κ1) is 31.8. The number of carbonyl (C=O) groups excluding carboxylic acids is 2. The Balaban J connectivity index is 0.00000324. The van der Waals surface area contributed by atoms with E-state index in [2.05, 4.69) is 37.5 Å². The summed E-state index contributed by atoms with van der Waals surface area (Å²) in [6.07, 6.45) is 0. The van der Waals surface area contributed by atoms with Gasteiger partial charge in [-0.25, -0.2) is 9.59 Å². The molecule has 0 amide bonds. The maximum Gasteiger partial charge on any atom is 0.342 e. The van der Waals surface area contributed by atoms with Gasteiger partial charge >= 0.3 is 11.9 Å². The molecule has 0 atom stereocenters. The van der Waals surface area contributed by atoms with E-state index < -0.39 is 11.9 Å². The summed E-state index contributed by atoms with van der Waals surface area (Å²) in [6, 6.07) is 3.48. The van der Waals surface area contributed by atoms with Crippen molar-refractivity contribution in [3.8, 4) is 0 Å². The summed E-state index contributed by atoms with van der Waals surface area (Å²) in [5.74, 6) is 0.0790. The van der Waals surface area contributed by atoms with Crippen molar-refractivity contribution in [3.63, 3.8) is 0 Å². The molecule has 202 valence electrons. The zero-order valence-corrected chi connectivity index (χ0v) is 23.6. The standard InChI is InChI=1S/C26H36N2O6.2ClH/c1-7-27(8-2)11-13-31-25(29)23-17(5)33-21-16-20-22(15-19(21)23)34-18(6)24(20)26(30)32-14-12-28(9-3)10-4;;/h15-16H,7-14H2,1-6H3;2*1H. The van der Waals surface area contributed by atoms with Gasteiger partial charge in [-0.15, -0.1) is 24.8 Å². The van der Waals surface area contributed by atoms with Crippen molar-refractivity contribution in [1.29, 1.82) is 0 Å². The van der Waals surface area contributed by atoms with Crippen LogP contribution in [-0.4, -0.2) is 74.2 Å². The molecule has 2 heterocycles. The lowest BCUT2D eigenvalue weighted by Crippen LogP contribution is -2.28. The van der Waals surface area contributed by atoms with Crippen LogP contribution < -0.4 is 0 Å². The third-order valence-electron chi connectivity index (χ3n) is 6.33. The quantitative estimate of drug-likeness (QED) is 0.271.